The molecule has 0 unspecified atom stereocenters. The normalized spacial score (nSPS) is 11.5. The topological polar surface area (TPSA) is 75.6 Å². The van der Waals surface area contributed by atoms with Crippen LogP contribution >= 0.6 is 0 Å². The molecule has 2 aromatic carbocycles. The molecule has 0 radical (unpaired) electrons. The number of benzene rings is 2. The molecule has 2 aromatic rings. The fourth-order valence-electron chi connectivity index (χ4n) is 2.03. The molecular weight excluding hydrogens is 282 g/mol. The van der Waals surface area contributed by atoms with Crippen LogP contribution in [-0.4, -0.2) is 30.1 Å². The molecule has 1 amide bonds. The Morgan fingerprint density at radius 3 is 2.32 bits per heavy atom. The largest absolute Gasteiger partial charge is 0.508 e. The average Bonchev–Trinajstić information content (AvgIpc) is 2.56. The van der Waals surface area contributed by atoms with Gasteiger partial charge in [0.15, 0.2) is 0 Å². The van der Waals surface area contributed by atoms with Gasteiger partial charge in [0.25, 0.3) is 5.91 Å². The van der Waals surface area contributed by atoms with E-state index >= 15 is 0 Å². The van der Waals surface area contributed by atoms with Crippen LogP contribution in [0.15, 0.2) is 54.6 Å². The lowest BCUT2D eigenvalue weighted by molar-refractivity contribution is -0.142. The van der Waals surface area contributed by atoms with Crippen LogP contribution in [0.25, 0.3) is 0 Å². The van der Waals surface area contributed by atoms with Gasteiger partial charge in [-0.2, -0.15) is 0 Å². The minimum Gasteiger partial charge on any atom is -0.508 e. The summed E-state index contributed by atoms with van der Waals surface area (Å²) in [7, 11) is 1.28. The second kappa shape index (κ2) is 7.26. The average molecular weight is 299 g/mol. The molecular formula is C17H17NO4. The number of phenols is 1. The number of carbonyl (C=O) groups excluding carboxylic acids is 2. The number of ether oxygens (including phenoxy) is 1. The van der Waals surface area contributed by atoms with Crippen LogP contribution in [0.2, 0.25) is 0 Å². The van der Waals surface area contributed by atoms with E-state index in [1.807, 2.05) is 6.07 Å². The molecule has 0 saturated carbocycles. The molecule has 0 bridgehead atoms. The van der Waals surface area contributed by atoms with Gasteiger partial charge in [-0.3, -0.25) is 4.79 Å². The van der Waals surface area contributed by atoms with Crippen LogP contribution in [0.1, 0.15) is 15.9 Å². The summed E-state index contributed by atoms with van der Waals surface area (Å²) in [5.41, 5.74) is 1.28. The highest BCUT2D eigenvalue weighted by molar-refractivity contribution is 5.96. The molecule has 0 fully saturated rings. The summed E-state index contributed by atoms with van der Waals surface area (Å²) in [6.45, 7) is 0. The highest BCUT2D eigenvalue weighted by Crippen LogP contribution is 2.12. The number of aromatic hydroxyl groups is 1. The van der Waals surface area contributed by atoms with E-state index in [9.17, 15) is 14.7 Å². The Bertz CT molecular complexity index is 637. The third-order valence-electron chi connectivity index (χ3n) is 3.20. The van der Waals surface area contributed by atoms with Crippen molar-refractivity contribution in [3.63, 3.8) is 0 Å². The summed E-state index contributed by atoms with van der Waals surface area (Å²) in [6, 6.07) is 14.3. The molecule has 2 rings (SSSR count). The molecule has 114 valence electrons. The van der Waals surface area contributed by atoms with E-state index in [2.05, 4.69) is 5.32 Å². The fourth-order valence-corrected chi connectivity index (χ4v) is 2.03. The second-order valence-electron chi connectivity index (χ2n) is 4.79. The van der Waals surface area contributed by atoms with Gasteiger partial charge in [-0.05, 0) is 29.8 Å². The van der Waals surface area contributed by atoms with E-state index in [0.717, 1.165) is 5.56 Å². The van der Waals surface area contributed by atoms with E-state index in [1.165, 1.54) is 19.2 Å². The molecule has 0 aliphatic carbocycles. The van der Waals surface area contributed by atoms with Gasteiger partial charge in [0.05, 0.1) is 7.11 Å². The molecule has 5 heteroatoms. The maximum Gasteiger partial charge on any atom is 0.328 e. The number of phenolic OH excluding ortho intramolecular Hbond substituents is 1. The maximum absolute atomic E-state index is 12.2. The zero-order chi connectivity index (χ0) is 15.9. The van der Waals surface area contributed by atoms with E-state index in [4.69, 9.17) is 4.74 Å². The first-order valence-corrected chi connectivity index (χ1v) is 6.82. The molecule has 0 aliphatic rings. The lowest BCUT2D eigenvalue weighted by Crippen LogP contribution is -2.43. The lowest BCUT2D eigenvalue weighted by atomic mass is 10.1. The van der Waals surface area contributed by atoms with Crippen LogP contribution in [-0.2, 0) is 16.0 Å². The molecule has 5 nitrogen and oxygen atoms in total. The maximum atomic E-state index is 12.2. The van der Waals surface area contributed by atoms with E-state index in [0.29, 0.717) is 5.56 Å². The molecule has 0 heterocycles. The molecule has 0 spiro atoms. The number of esters is 1. The molecule has 2 N–H and O–H groups in total. The van der Waals surface area contributed by atoms with Crippen molar-refractivity contribution in [2.75, 3.05) is 7.11 Å². The fraction of sp³-hybridized carbons (Fsp3) is 0.176. The molecule has 0 aromatic heterocycles. The van der Waals surface area contributed by atoms with Gasteiger partial charge in [0, 0.05) is 12.0 Å². The highest BCUT2D eigenvalue weighted by atomic mass is 16.5. The van der Waals surface area contributed by atoms with Gasteiger partial charge in [-0.15, -0.1) is 0 Å². The quantitative estimate of drug-likeness (QED) is 0.827. The third-order valence-corrected chi connectivity index (χ3v) is 3.20. The third kappa shape index (κ3) is 4.09. The number of hydrogen-bond acceptors (Lipinski definition) is 4. The standard InChI is InChI=1S/C17H17NO4/c1-22-17(21)15(11-12-7-9-14(19)10-8-12)18-16(20)13-5-3-2-4-6-13/h2-10,15,19H,11H2,1H3,(H,18,20)/t15-/m1/s1. The Hall–Kier alpha value is -2.82. The van der Waals surface area contributed by atoms with Crippen molar-refractivity contribution in [3.05, 3.63) is 65.7 Å². The Kier molecular flexibility index (Phi) is 5.14. The van der Waals surface area contributed by atoms with Gasteiger partial charge in [-0.25, -0.2) is 4.79 Å². The smallest absolute Gasteiger partial charge is 0.328 e. The minimum atomic E-state index is -0.790. The van der Waals surface area contributed by atoms with Crippen LogP contribution in [0.5, 0.6) is 5.75 Å². The number of amides is 1. The zero-order valence-electron chi connectivity index (χ0n) is 12.2. The van der Waals surface area contributed by atoms with Gasteiger partial charge >= 0.3 is 5.97 Å². The molecule has 22 heavy (non-hydrogen) atoms. The summed E-state index contributed by atoms with van der Waals surface area (Å²) in [5, 5.41) is 11.9. The highest BCUT2D eigenvalue weighted by Gasteiger charge is 2.22. The monoisotopic (exact) mass is 299 g/mol. The van der Waals surface area contributed by atoms with E-state index in [-0.39, 0.29) is 18.1 Å². The number of rotatable bonds is 5. The first-order chi connectivity index (χ1) is 10.6. The van der Waals surface area contributed by atoms with Gasteiger partial charge in [0.2, 0.25) is 0 Å². The van der Waals surface area contributed by atoms with Crippen molar-refractivity contribution in [1.82, 2.24) is 5.32 Å². The Labute approximate surface area is 128 Å². The van der Waals surface area contributed by atoms with Gasteiger partial charge in [-0.1, -0.05) is 30.3 Å². The minimum absolute atomic E-state index is 0.145. The van der Waals surface area contributed by atoms with Crippen LogP contribution in [0, 0.1) is 0 Å². The number of nitrogens with one attached hydrogen (secondary N) is 1. The number of hydrogen-bond donors (Lipinski definition) is 2. The summed E-state index contributed by atoms with van der Waals surface area (Å²) in [4.78, 5) is 24.0. The second-order valence-corrected chi connectivity index (χ2v) is 4.79. The van der Waals surface area contributed by atoms with Crippen molar-refractivity contribution in [2.45, 2.75) is 12.5 Å². The van der Waals surface area contributed by atoms with Crippen LogP contribution < -0.4 is 5.32 Å². The van der Waals surface area contributed by atoms with Crippen molar-refractivity contribution < 1.29 is 19.4 Å². The molecule has 0 saturated heterocycles. The first-order valence-electron chi connectivity index (χ1n) is 6.82. The van der Waals surface area contributed by atoms with Gasteiger partial charge < -0.3 is 15.2 Å². The summed E-state index contributed by atoms with van der Waals surface area (Å²) in [5.74, 6) is -0.709. The Morgan fingerprint density at radius 2 is 1.73 bits per heavy atom. The Balaban J connectivity index is 2.11. The summed E-state index contributed by atoms with van der Waals surface area (Å²) in [6.07, 6.45) is 0.283. The van der Waals surface area contributed by atoms with Crippen molar-refractivity contribution >= 4 is 11.9 Å². The SMILES string of the molecule is COC(=O)[C@@H](Cc1ccc(O)cc1)NC(=O)c1ccccc1. The lowest BCUT2D eigenvalue weighted by Gasteiger charge is -2.16. The van der Waals surface area contributed by atoms with E-state index in [1.54, 1.807) is 36.4 Å². The summed E-state index contributed by atoms with van der Waals surface area (Å²) >= 11 is 0. The Morgan fingerprint density at radius 1 is 1.09 bits per heavy atom. The predicted molar refractivity (Wildman–Crippen MR) is 81.5 cm³/mol. The predicted octanol–water partition coefficient (Wildman–Crippen LogP) is 1.91. The first kappa shape index (κ1) is 15.6. The molecule has 1 atom stereocenters. The van der Waals surface area contributed by atoms with Crippen LogP contribution in [0.3, 0.4) is 0 Å². The van der Waals surface area contributed by atoms with Crippen molar-refractivity contribution in [3.8, 4) is 5.75 Å². The zero-order valence-corrected chi connectivity index (χ0v) is 12.2. The van der Waals surface area contributed by atoms with Crippen molar-refractivity contribution in [1.29, 1.82) is 0 Å². The van der Waals surface area contributed by atoms with Crippen LogP contribution in [0.4, 0.5) is 0 Å². The number of methoxy groups -OCH3 is 1. The molecule has 0 aliphatic heterocycles. The number of carbonyl (C=O) groups is 2. The summed E-state index contributed by atoms with van der Waals surface area (Å²) < 4.78 is 4.74. The van der Waals surface area contributed by atoms with Crippen molar-refractivity contribution in [2.24, 2.45) is 0 Å². The van der Waals surface area contributed by atoms with Gasteiger partial charge in [0.1, 0.15) is 11.8 Å². The van der Waals surface area contributed by atoms with E-state index < -0.39 is 12.0 Å².